The van der Waals surface area contributed by atoms with Crippen LogP contribution in [0.2, 0.25) is 0 Å². The number of unbranched alkanes of at least 4 members (excludes halogenated alkanes) is 10. The largest absolute Gasteiger partial charge is 0.423 e. The van der Waals surface area contributed by atoms with Gasteiger partial charge in [0, 0.05) is 22.4 Å². The predicted molar refractivity (Wildman–Crippen MR) is 161 cm³/mol. The highest BCUT2D eigenvalue weighted by molar-refractivity contribution is 9.10. The summed E-state index contributed by atoms with van der Waals surface area (Å²) in [5.74, 6) is 0.824. The van der Waals surface area contributed by atoms with E-state index in [9.17, 15) is 4.79 Å². The Kier molecular flexibility index (Phi) is 13.5. The Balaban J connectivity index is 1.46. The van der Waals surface area contributed by atoms with Gasteiger partial charge in [0.15, 0.2) is 5.82 Å². The van der Waals surface area contributed by atoms with Crippen LogP contribution in [-0.4, -0.2) is 15.9 Å². The zero-order chi connectivity index (χ0) is 27.0. The Hall–Kier alpha value is -2.53. The first-order chi connectivity index (χ1) is 18.6. The maximum absolute atomic E-state index is 12.7. The van der Waals surface area contributed by atoms with Crippen LogP contribution in [0.5, 0.6) is 5.75 Å². The van der Waals surface area contributed by atoms with Crippen LogP contribution in [-0.2, 0) is 12.8 Å². The fourth-order valence-electron chi connectivity index (χ4n) is 4.55. The minimum absolute atomic E-state index is 0.361. The Bertz CT molecular complexity index is 1100. The lowest BCUT2D eigenvalue weighted by atomic mass is 10.0. The minimum atomic E-state index is -0.361. The summed E-state index contributed by atoms with van der Waals surface area (Å²) < 4.78 is 6.59. The van der Waals surface area contributed by atoms with Crippen molar-refractivity contribution in [3.8, 4) is 17.1 Å². The number of aromatic nitrogens is 2. The number of ether oxygens (including phenoxy) is 1. The molecule has 38 heavy (non-hydrogen) atoms. The molecule has 0 atom stereocenters. The summed E-state index contributed by atoms with van der Waals surface area (Å²) in [5, 5.41) is 0. The molecule has 0 aliphatic carbocycles. The van der Waals surface area contributed by atoms with E-state index >= 15 is 0 Å². The lowest BCUT2D eigenvalue weighted by molar-refractivity contribution is 0.0734. The Morgan fingerprint density at radius 3 is 1.92 bits per heavy atom. The molecule has 0 fully saturated rings. The second-order valence-electron chi connectivity index (χ2n) is 10.2. The average molecular weight is 580 g/mol. The van der Waals surface area contributed by atoms with Gasteiger partial charge >= 0.3 is 5.97 Å². The maximum Gasteiger partial charge on any atom is 0.343 e. The lowest BCUT2D eigenvalue weighted by Gasteiger charge is -2.09. The van der Waals surface area contributed by atoms with Crippen molar-refractivity contribution in [2.24, 2.45) is 0 Å². The van der Waals surface area contributed by atoms with Crippen molar-refractivity contribution < 1.29 is 9.53 Å². The fraction of sp³-hybridized carbons (Fsp3) is 0.485. The molecule has 1 heterocycles. The Morgan fingerprint density at radius 1 is 0.737 bits per heavy atom. The highest BCUT2D eigenvalue weighted by Crippen LogP contribution is 2.24. The number of nitrogens with zero attached hydrogens (tertiary/aromatic N) is 2. The number of benzene rings is 2. The zero-order valence-corrected chi connectivity index (χ0v) is 24.8. The van der Waals surface area contributed by atoms with Gasteiger partial charge in [-0.15, -0.1) is 0 Å². The van der Waals surface area contributed by atoms with Crippen molar-refractivity contribution >= 4 is 21.9 Å². The van der Waals surface area contributed by atoms with Crippen LogP contribution in [0.4, 0.5) is 0 Å². The summed E-state index contributed by atoms with van der Waals surface area (Å²) in [7, 11) is 0. The molecular weight excluding hydrogens is 536 g/mol. The molecule has 0 N–H and O–H groups in total. The fourth-order valence-corrected chi connectivity index (χ4v) is 5.13. The first-order valence-electron chi connectivity index (χ1n) is 14.5. The minimum Gasteiger partial charge on any atom is -0.423 e. The number of rotatable bonds is 17. The molecule has 0 unspecified atom stereocenters. The molecule has 0 aliphatic heterocycles. The summed E-state index contributed by atoms with van der Waals surface area (Å²) in [6, 6.07) is 13.1. The molecule has 0 spiro atoms. The Labute approximate surface area is 237 Å². The average Bonchev–Trinajstić information content (AvgIpc) is 2.94. The number of hydrogen-bond acceptors (Lipinski definition) is 4. The molecule has 2 aromatic carbocycles. The lowest BCUT2D eigenvalue weighted by Crippen LogP contribution is -2.08. The molecule has 0 saturated heterocycles. The second kappa shape index (κ2) is 17.1. The highest BCUT2D eigenvalue weighted by atomic mass is 79.9. The molecule has 4 nitrogen and oxygen atoms in total. The van der Waals surface area contributed by atoms with Gasteiger partial charge in [-0.25, -0.2) is 14.8 Å². The van der Waals surface area contributed by atoms with E-state index in [1.807, 2.05) is 42.7 Å². The van der Waals surface area contributed by atoms with E-state index in [2.05, 4.69) is 39.7 Å². The van der Waals surface area contributed by atoms with Crippen molar-refractivity contribution in [1.29, 1.82) is 0 Å². The van der Waals surface area contributed by atoms with Crippen LogP contribution >= 0.6 is 15.9 Å². The molecule has 0 amide bonds. The van der Waals surface area contributed by atoms with Crippen molar-refractivity contribution in [2.45, 2.75) is 104 Å². The first kappa shape index (κ1) is 30.0. The molecule has 204 valence electrons. The third kappa shape index (κ3) is 10.3. The second-order valence-corrected chi connectivity index (χ2v) is 11.0. The van der Waals surface area contributed by atoms with Crippen molar-refractivity contribution in [3.05, 3.63) is 76.0 Å². The molecule has 0 radical (unpaired) electrons. The van der Waals surface area contributed by atoms with E-state index in [1.165, 1.54) is 88.2 Å². The van der Waals surface area contributed by atoms with E-state index < -0.39 is 0 Å². The molecule has 0 saturated carbocycles. The van der Waals surface area contributed by atoms with Crippen molar-refractivity contribution in [1.82, 2.24) is 9.97 Å². The molecule has 0 aliphatic rings. The van der Waals surface area contributed by atoms with Crippen LogP contribution in [0.25, 0.3) is 11.4 Å². The molecular formula is C33H43BrN2O2. The smallest absolute Gasteiger partial charge is 0.343 e. The predicted octanol–water partition coefficient (Wildman–Crippen LogP) is 9.93. The van der Waals surface area contributed by atoms with Crippen molar-refractivity contribution in [2.75, 3.05) is 0 Å². The number of halogens is 1. The summed E-state index contributed by atoms with van der Waals surface area (Å²) in [5.41, 5.74) is 3.85. The van der Waals surface area contributed by atoms with Crippen molar-refractivity contribution in [3.63, 3.8) is 0 Å². The molecule has 0 bridgehead atoms. The number of carbonyl (C=O) groups is 1. The summed E-state index contributed by atoms with van der Waals surface area (Å²) >= 11 is 3.64. The van der Waals surface area contributed by atoms with Gasteiger partial charge in [0.2, 0.25) is 0 Å². The van der Waals surface area contributed by atoms with E-state index in [1.54, 1.807) is 12.1 Å². The SMILES string of the molecule is CCCCCCCCc1cnc(-c2ccc(OC(=O)c3ccc(CCCCCCCC)c(Br)c3)cc2)nc1. The van der Waals surface area contributed by atoms with Crippen LogP contribution < -0.4 is 4.74 Å². The summed E-state index contributed by atoms with van der Waals surface area (Å²) in [6.45, 7) is 4.49. The van der Waals surface area contributed by atoms with Gasteiger partial charge in [-0.3, -0.25) is 0 Å². The van der Waals surface area contributed by atoms with Gasteiger partial charge < -0.3 is 4.74 Å². The monoisotopic (exact) mass is 578 g/mol. The quantitative estimate of drug-likeness (QED) is 0.0907. The van der Waals surface area contributed by atoms with E-state index in [0.29, 0.717) is 17.1 Å². The molecule has 3 aromatic rings. The van der Waals surface area contributed by atoms with E-state index in [-0.39, 0.29) is 5.97 Å². The molecule has 3 rings (SSSR count). The molecule has 1 aromatic heterocycles. The number of carbonyl (C=O) groups excluding carboxylic acids is 1. The third-order valence-electron chi connectivity index (χ3n) is 6.94. The van der Waals surface area contributed by atoms with Crippen LogP contribution in [0.3, 0.4) is 0 Å². The van der Waals surface area contributed by atoms with Crippen LogP contribution in [0, 0.1) is 0 Å². The van der Waals surface area contributed by atoms with Crippen LogP contribution in [0.15, 0.2) is 59.3 Å². The van der Waals surface area contributed by atoms with Gasteiger partial charge in [-0.1, -0.05) is 100 Å². The zero-order valence-electron chi connectivity index (χ0n) is 23.2. The first-order valence-corrected chi connectivity index (χ1v) is 15.3. The molecule has 5 heteroatoms. The van der Waals surface area contributed by atoms with Gasteiger partial charge in [0.05, 0.1) is 5.56 Å². The highest BCUT2D eigenvalue weighted by Gasteiger charge is 2.12. The van der Waals surface area contributed by atoms with Crippen LogP contribution in [0.1, 0.15) is 112 Å². The number of esters is 1. The number of hydrogen-bond donors (Lipinski definition) is 0. The normalized spacial score (nSPS) is 11.0. The van der Waals surface area contributed by atoms with Gasteiger partial charge in [-0.2, -0.15) is 0 Å². The maximum atomic E-state index is 12.7. The standard InChI is InChI=1S/C33H43BrN2O2/c1-3-5-7-9-11-13-15-26-24-35-32(36-25-26)28-19-21-30(22-20-28)38-33(37)29-18-17-27(31(34)23-29)16-14-12-10-8-6-4-2/h17-25H,3-16H2,1-2H3. The summed E-state index contributed by atoms with van der Waals surface area (Å²) in [4.78, 5) is 21.8. The summed E-state index contributed by atoms with van der Waals surface area (Å²) in [6.07, 6.45) is 21.2. The van der Waals surface area contributed by atoms with Gasteiger partial charge in [0.25, 0.3) is 0 Å². The van der Waals surface area contributed by atoms with E-state index in [4.69, 9.17) is 4.74 Å². The van der Waals surface area contributed by atoms with Gasteiger partial charge in [0.1, 0.15) is 5.75 Å². The Morgan fingerprint density at radius 2 is 1.32 bits per heavy atom. The van der Waals surface area contributed by atoms with E-state index in [0.717, 1.165) is 22.9 Å². The third-order valence-corrected chi connectivity index (χ3v) is 7.67. The topological polar surface area (TPSA) is 52.1 Å². The number of aryl methyl sites for hydroxylation is 2. The van der Waals surface area contributed by atoms with Gasteiger partial charge in [-0.05, 0) is 73.2 Å².